The van der Waals surface area contributed by atoms with Gasteiger partial charge in [0.25, 0.3) is 0 Å². The summed E-state index contributed by atoms with van der Waals surface area (Å²) in [5.74, 6) is 0. The van der Waals surface area contributed by atoms with E-state index in [2.05, 4.69) is 31.2 Å². The highest BCUT2D eigenvalue weighted by atomic mass is 35.5. The van der Waals surface area contributed by atoms with Gasteiger partial charge >= 0.3 is 0 Å². The first-order chi connectivity index (χ1) is 7.47. The Kier molecular flexibility index (Phi) is 4.81. The van der Waals surface area contributed by atoms with Gasteiger partial charge in [-0.15, -0.1) is 0 Å². The lowest BCUT2D eigenvalue weighted by Gasteiger charge is -2.18. The van der Waals surface area contributed by atoms with E-state index in [0.717, 1.165) is 29.4 Å². The highest BCUT2D eigenvalue weighted by Crippen LogP contribution is 2.21. The van der Waals surface area contributed by atoms with Crippen LogP contribution in [0.2, 0.25) is 5.02 Å². The Morgan fingerprint density at radius 1 is 1.38 bits per heavy atom. The van der Waals surface area contributed by atoms with Crippen LogP contribution in [0, 0.1) is 13.8 Å². The van der Waals surface area contributed by atoms with E-state index in [4.69, 9.17) is 11.6 Å². The first-order valence-electron chi connectivity index (χ1n) is 5.91. The average Bonchev–Trinajstić information content (AvgIpc) is 2.53. The molecule has 0 bridgehead atoms. The van der Waals surface area contributed by atoms with E-state index in [1.54, 1.807) is 0 Å². The van der Waals surface area contributed by atoms with E-state index >= 15 is 0 Å². The molecule has 0 saturated heterocycles. The summed E-state index contributed by atoms with van der Waals surface area (Å²) in [7, 11) is 0. The molecule has 3 nitrogen and oxygen atoms in total. The molecule has 0 aliphatic carbocycles. The van der Waals surface area contributed by atoms with E-state index in [1.165, 1.54) is 0 Å². The number of aryl methyl sites for hydroxylation is 1. The van der Waals surface area contributed by atoms with Crippen molar-refractivity contribution in [2.24, 2.45) is 0 Å². The van der Waals surface area contributed by atoms with Crippen molar-refractivity contribution in [3.05, 3.63) is 16.4 Å². The SMILES string of the molecule is CCC(C)NCC(C)n1nc(C)c(Cl)c1C. The molecule has 4 heteroatoms. The van der Waals surface area contributed by atoms with E-state index in [0.29, 0.717) is 12.1 Å². The van der Waals surface area contributed by atoms with Crippen molar-refractivity contribution in [2.45, 2.75) is 53.1 Å². The van der Waals surface area contributed by atoms with Crippen LogP contribution in [0.1, 0.15) is 44.6 Å². The molecule has 0 radical (unpaired) electrons. The van der Waals surface area contributed by atoms with Gasteiger partial charge in [-0.1, -0.05) is 18.5 Å². The molecular formula is C12H22ClN3. The lowest BCUT2D eigenvalue weighted by molar-refractivity contribution is 0.412. The van der Waals surface area contributed by atoms with Gasteiger partial charge in [-0.05, 0) is 34.1 Å². The zero-order valence-electron chi connectivity index (χ0n) is 10.8. The summed E-state index contributed by atoms with van der Waals surface area (Å²) < 4.78 is 2.01. The van der Waals surface area contributed by atoms with Crippen LogP contribution < -0.4 is 5.32 Å². The lowest BCUT2D eigenvalue weighted by Crippen LogP contribution is -2.31. The Labute approximate surface area is 103 Å². The molecule has 1 rings (SSSR count). The molecule has 92 valence electrons. The minimum absolute atomic E-state index is 0.334. The van der Waals surface area contributed by atoms with Gasteiger partial charge in [0.05, 0.1) is 22.5 Å². The van der Waals surface area contributed by atoms with Gasteiger partial charge in [-0.2, -0.15) is 5.10 Å². The lowest BCUT2D eigenvalue weighted by atomic mass is 10.2. The summed E-state index contributed by atoms with van der Waals surface area (Å²) in [5, 5.41) is 8.73. The number of nitrogens with one attached hydrogen (secondary N) is 1. The maximum absolute atomic E-state index is 6.13. The Balaban J connectivity index is 2.66. The molecule has 0 amide bonds. The summed E-state index contributed by atoms with van der Waals surface area (Å²) in [5.41, 5.74) is 1.96. The molecule has 0 aromatic carbocycles. The number of rotatable bonds is 5. The van der Waals surface area contributed by atoms with Crippen LogP contribution >= 0.6 is 11.6 Å². The normalized spacial score (nSPS) is 15.1. The third-order valence-electron chi connectivity index (χ3n) is 3.03. The zero-order chi connectivity index (χ0) is 12.3. The minimum Gasteiger partial charge on any atom is -0.312 e. The van der Waals surface area contributed by atoms with Crippen molar-refractivity contribution in [1.29, 1.82) is 0 Å². The summed E-state index contributed by atoms with van der Waals surface area (Å²) in [6.45, 7) is 11.4. The highest BCUT2D eigenvalue weighted by molar-refractivity contribution is 6.31. The predicted octanol–water partition coefficient (Wildman–Crippen LogP) is 3.10. The summed E-state index contributed by atoms with van der Waals surface area (Å²) in [4.78, 5) is 0. The number of halogens is 1. The maximum Gasteiger partial charge on any atom is 0.0844 e. The smallest absolute Gasteiger partial charge is 0.0844 e. The molecular weight excluding hydrogens is 222 g/mol. The fourth-order valence-electron chi connectivity index (χ4n) is 1.67. The van der Waals surface area contributed by atoms with Gasteiger partial charge in [0, 0.05) is 12.6 Å². The van der Waals surface area contributed by atoms with E-state index < -0.39 is 0 Å². The fraction of sp³-hybridized carbons (Fsp3) is 0.750. The molecule has 2 unspecified atom stereocenters. The van der Waals surface area contributed by atoms with Crippen LogP contribution in [-0.4, -0.2) is 22.4 Å². The molecule has 0 spiro atoms. The van der Waals surface area contributed by atoms with Gasteiger partial charge in [0.1, 0.15) is 0 Å². The van der Waals surface area contributed by atoms with E-state index in [-0.39, 0.29) is 0 Å². The Morgan fingerprint density at radius 2 is 2.00 bits per heavy atom. The standard InChI is InChI=1S/C12H22ClN3/c1-6-8(2)14-7-9(3)16-11(5)12(13)10(4)15-16/h8-9,14H,6-7H2,1-5H3. The second kappa shape index (κ2) is 5.69. The molecule has 0 fully saturated rings. The van der Waals surface area contributed by atoms with Crippen LogP contribution in [-0.2, 0) is 0 Å². The van der Waals surface area contributed by atoms with Crippen molar-refractivity contribution in [3.8, 4) is 0 Å². The van der Waals surface area contributed by atoms with Crippen molar-refractivity contribution in [2.75, 3.05) is 6.54 Å². The highest BCUT2D eigenvalue weighted by Gasteiger charge is 2.14. The van der Waals surface area contributed by atoms with Gasteiger partial charge in [0.15, 0.2) is 0 Å². The van der Waals surface area contributed by atoms with Crippen LogP contribution in [0.4, 0.5) is 0 Å². The minimum atomic E-state index is 0.334. The molecule has 1 aromatic heterocycles. The average molecular weight is 244 g/mol. The van der Waals surface area contributed by atoms with Crippen molar-refractivity contribution in [1.82, 2.24) is 15.1 Å². The third-order valence-corrected chi connectivity index (χ3v) is 3.58. The fourth-order valence-corrected chi connectivity index (χ4v) is 1.80. The van der Waals surface area contributed by atoms with Crippen LogP contribution in [0.3, 0.4) is 0 Å². The molecule has 0 aliphatic rings. The monoisotopic (exact) mass is 243 g/mol. The van der Waals surface area contributed by atoms with Gasteiger partial charge in [-0.25, -0.2) is 0 Å². The first-order valence-corrected chi connectivity index (χ1v) is 6.29. The van der Waals surface area contributed by atoms with Gasteiger partial charge in [-0.3, -0.25) is 4.68 Å². The largest absolute Gasteiger partial charge is 0.312 e. The van der Waals surface area contributed by atoms with Crippen molar-refractivity contribution >= 4 is 11.6 Å². The quantitative estimate of drug-likeness (QED) is 0.861. The molecule has 1 aromatic rings. The number of aromatic nitrogens is 2. The molecule has 0 saturated carbocycles. The predicted molar refractivity (Wildman–Crippen MR) is 69.2 cm³/mol. The summed E-state index contributed by atoms with van der Waals surface area (Å²) in [6, 6.07) is 0.884. The van der Waals surface area contributed by atoms with E-state index in [1.807, 2.05) is 18.5 Å². The third kappa shape index (κ3) is 2.98. The van der Waals surface area contributed by atoms with Gasteiger partial charge in [0.2, 0.25) is 0 Å². The summed E-state index contributed by atoms with van der Waals surface area (Å²) in [6.07, 6.45) is 1.14. The van der Waals surface area contributed by atoms with Crippen LogP contribution in [0.5, 0.6) is 0 Å². The first kappa shape index (κ1) is 13.5. The molecule has 1 N–H and O–H groups in total. The van der Waals surface area contributed by atoms with Crippen molar-refractivity contribution < 1.29 is 0 Å². The van der Waals surface area contributed by atoms with Crippen LogP contribution in [0.15, 0.2) is 0 Å². The second-order valence-corrected chi connectivity index (χ2v) is 4.87. The topological polar surface area (TPSA) is 29.9 Å². The second-order valence-electron chi connectivity index (χ2n) is 4.50. The molecule has 0 aliphatic heterocycles. The Morgan fingerprint density at radius 3 is 2.44 bits per heavy atom. The van der Waals surface area contributed by atoms with E-state index in [9.17, 15) is 0 Å². The zero-order valence-corrected chi connectivity index (χ0v) is 11.6. The molecule has 2 atom stereocenters. The van der Waals surface area contributed by atoms with Crippen molar-refractivity contribution in [3.63, 3.8) is 0 Å². The molecule has 1 heterocycles. The number of nitrogens with zero attached hydrogens (tertiary/aromatic N) is 2. The number of hydrogen-bond acceptors (Lipinski definition) is 2. The summed E-state index contributed by atoms with van der Waals surface area (Å²) >= 11 is 6.13. The number of hydrogen-bond donors (Lipinski definition) is 1. The Hall–Kier alpha value is -0.540. The molecule has 16 heavy (non-hydrogen) atoms. The maximum atomic E-state index is 6.13. The Bertz CT molecular complexity index is 346. The van der Waals surface area contributed by atoms with Crippen LogP contribution in [0.25, 0.3) is 0 Å². The van der Waals surface area contributed by atoms with Gasteiger partial charge < -0.3 is 5.32 Å².